The number of benzene rings is 1. The summed E-state index contributed by atoms with van der Waals surface area (Å²) in [4.78, 5) is 39.4. The molecule has 0 saturated heterocycles. The molecule has 4 N–H and O–H groups in total. The van der Waals surface area contributed by atoms with Crippen LogP contribution in [0.4, 0.5) is 0 Å². The van der Waals surface area contributed by atoms with Crippen LogP contribution in [0.25, 0.3) is 6.08 Å². The lowest BCUT2D eigenvalue weighted by Crippen LogP contribution is -2.38. The first-order valence-corrected chi connectivity index (χ1v) is 14.7. The first-order valence-electron chi connectivity index (χ1n) is 14.7. The summed E-state index contributed by atoms with van der Waals surface area (Å²) < 4.78 is 6.01. The van der Waals surface area contributed by atoms with Crippen LogP contribution in [0.5, 0.6) is 17.2 Å². The molecule has 0 fully saturated rings. The number of hydrogen-bond donors (Lipinski definition) is 4. The summed E-state index contributed by atoms with van der Waals surface area (Å²) in [5, 5.41) is 45.5. The number of ether oxygens (including phenoxy) is 1. The Morgan fingerprint density at radius 1 is 0.953 bits per heavy atom. The molecule has 1 atom stereocenters. The van der Waals surface area contributed by atoms with Crippen LogP contribution >= 0.6 is 0 Å². The van der Waals surface area contributed by atoms with E-state index in [1.54, 1.807) is 26.0 Å². The lowest BCUT2D eigenvalue weighted by Gasteiger charge is -2.34. The first-order chi connectivity index (χ1) is 20.0. The van der Waals surface area contributed by atoms with Gasteiger partial charge in [0, 0.05) is 24.0 Å². The Hall–Kier alpha value is -4.07. The topological polar surface area (TPSA) is 141 Å². The molecule has 0 spiro atoms. The van der Waals surface area contributed by atoms with E-state index in [0.29, 0.717) is 6.42 Å². The molecule has 0 amide bonds. The maximum absolute atomic E-state index is 13.6. The van der Waals surface area contributed by atoms with E-state index in [0.717, 1.165) is 25.3 Å². The second kappa shape index (κ2) is 12.7. The highest BCUT2D eigenvalue weighted by Crippen LogP contribution is 2.50. The van der Waals surface area contributed by atoms with Crippen molar-refractivity contribution in [2.24, 2.45) is 5.41 Å². The molecule has 0 bridgehead atoms. The van der Waals surface area contributed by atoms with E-state index in [9.17, 15) is 34.8 Å². The second-order valence-corrected chi connectivity index (χ2v) is 12.5. The Bertz CT molecular complexity index is 1510. The number of allylic oxidation sites excluding steroid dienone is 7. The Balaban J connectivity index is 2.21. The van der Waals surface area contributed by atoms with Gasteiger partial charge in [-0.25, -0.2) is 0 Å². The van der Waals surface area contributed by atoms with Gasteiger partial charge in [-0.2, -0.15) is 0 Å². The van der Waals surface area contributed by atoms with Crippen molar-refractivity contribution in [1.82, 2.24) is 0 Å². The highest BCUT2D eigenvalue weighted by atomic mass is 16.5. The number of carbonyl (C=O) groups excluding carboxylic acids is 3. The number of aliphatic hydroxyl groups excluding tert-OH is 2. The van der Waals surface area contributed by atoms with Gasteiger partial charge in [0.2, 0.25) is 0 Å². The maximum Gasteiger partial charge on any atom is 0.183 e. The summed E-state index contributed by atoms with van der Waals surface area (Å²) in [6, 6.07) is 0. The number of carbonyl (C=O) groups is 3. The molecule has 3 rings (SSSR count). The van der Waals surface area contributed by atoms with Gasteiger partial charge < -0.3 is 25.2 Å². The number of Topliss-reactive ketones (excluding diaryl/α,β-unsaturated/α-hetero) is 3. The van der Waals surface area contributed by atoms with Crippen molar-refractivity contribution in [2.75, 3.05) is 0 Å². The maximum atomic E-state index is 13.6. The molecular formula is C35H44O8. The van der Waals surface area contributed by atoms with Gasteiger partial charge >= 0.3 is 0 Å². The molecular weight excluding hydrogens is 548 g/mol. The summed E-state index contributed by atoms with van der Waals surface area (Å²) in [5.74, 6) is -3.90. The monoisotopic (exact) mass is 592 g/mol. The number of phenols is 2. The zero-order valence-corrected chi connectivity index (χ0v) is 26.5. The Morgan fingerprint density at radius 2 is 1.60 bits per heavy atom. The number of aliphatic hydroxyl groups is 2. The lowest BCUT2D eigenvalue weighted by atomic mass is 9.70. The number of hydrogen-bond acceptors (Lipinski definition) is 8. The number of aromatic hydroxyl groups is 2. The van der Waals surface area contributed by atoms with E-state index < -0.39 is 63.4 Å². The van der Waals surface area contributed by atoms with Crippen LogP contribution in [0.2, 0.25) is 0 Å². The molecule has 43 heavy (non-hydrogen) atoms. The van der Waals surface area contributed by atoms with Gasteiger partial charge in [-0.15, -0.1) is 0 Å². The van der Waals surface area contributed by atoms with Gasteiger partial charge in [-0.3, -0.25) is 14.4 Å². The highest BCUT2D eigenvalue weighted by Gasteiger charge is 2.47. The summed E-state index contributed by atoms with van der Waals surface area (Å²) in [6.07, 6.45) is 9.00. The first kappa shape index (κ1) is 33.4. The number of phenolic OH excluding ortho intramolecular Hbond substituents is 2. The van der Waals surface area contributed by atoms with Crippen molar-refractivity contribution in [1.29, 1.82) is 0 Å². The normalized spacial score (nSPS) is 19.7. The number of ketones is 3. The average molecular weight is 593 g/mol. The fourth-order valence-electron chi connectivity index (χ4n) is 5.41. The third kappa shape index (κ3) is 6.63. The smallest absolute Gasteiger partial charge is 0.183 e. The Labute approximate surface area is 253 Å². The van der Waals surface area contributed by atoms with Crippen LogP contribution in [0.15, 0.2) is 52.0 Å². The molecule has 8 nitrogen and oxygen atoms in total. The predicted molar refractivity (Wildman–Crippen MR) is 167 cm³/mol. The van der Waals surface area contributed by atoms with Crippen molar-refractivity contribution < 1.29 is 39.5 Å². The summed E-state index contributed by atoms with van der Waals surface area (Å²) in [6.45, 7) is 14.0. The van der Waals surface area contributed by atoms with Gasteiger partial charge in [0.1, 0.15) is 45.5 Å². The van der Waals surface area contributed by atoms with Crippen molar-refractivity contribution in [3.8, 4) is 17.2 Å². The number of fused-ring (bicyclic) bond motifs is 1. The van der Waals surface area contributed by atoms with Crippen LogP contribution in [0.3, 0.4) is 0 Å². The Kier molecular flexibility index (Phi) is 9.84. The molecule has 1 heterocycles. The summed E-state index contributed by atoms with van der Waals surface area (Å²) in [7, 11) is 0. The van der Waals surface area contributed by atoms with E-state index >= 15 is 0 Å². The third-order valence-corrected chi connectivity index (χ3v) is 8.02. The number of rotatable bonds is 11. The molecule has 1 aromatic carbocycles. The van der Waals surface area contributed by atoms with Crippen molar-refractivity contribution in [3.05, 3.63) is 68.7 Å². The van der Waals surface area contributed by atoms with Crippen LogP contribution in [-0.4, -0.2) is 43.4 Å². The zero-order valence-electron chi connectivity index (χ0n) is 26.5. The third-order valence-electron chi connectivity index (χ3n) is 8.02. The predicted octanol–water partition coefficient (Wildman–Crippen LogP) is 7.69. The van der Waals surface area contributed by atoms with E-state index in [4.69, 9.17) is 4.74 Å². The molecule has 1 aliphatic heterocycles. The van der Waals surface area contributed by atoms with E-state index in [2.05, 4.69) is 6.08 Å². The molecule has 0 saturated carbocycles. The van der Waals surface area contributed by atoms with Crippen LogP contribution in [-0.2, 0) is 16.0 Å². The highest BCUT2D eigenvalue weighted by molar-refractivity contribution is 6.23. The molecule has 232 valence electrons. The minimum atomic E-state index is -1.59. The molecule has 0 aromatic heterocycles. The quantitative estimate of drug-likeness (QED) is 0.116. The van der Waals surface area contributed by atoms with E-state index in [1.807, 2.05) is 33.8 Å². The van der Waals surface area contributed by atoms with Gasteiger partial charge in [0.15, 0.2) is 17.3 Å². The van der Waals surface area contributed by atoms with Gasteiger partial charge in [0.05, 0.1) is 11.0 Å². The molecule has 0 radical (unpaired) electrons. The SMILES string of the molecule is CCCC(=O)c1c(O)c(CC2=C(O)[C@@](C)(CC=C(C)CCC=C(C)C)C(=O)C(C(C)=O)=C2O)c(O)c2c1OC(C)(C)C=C2. The van der Waals surface area contributed by atoms with Crippen LogP contribution in [0, 0.1) is 5.41 Å². The summed E-state index contributed by atoms with van der Waals surface area (Å²) in [5.41, 5.74) is -0.955. The fraction of sp³-hybridized carbons (Fsp3) is 0.457. The van der Waals surface area contributed by atoms with Gasteiger partial charge in [-0.05, 0) is 86.3 Å². The molecule has 0 unspecified atom stereocenters. The molecule has 2 aliphatic rings. The van der Waals surface area contributed by atoms with Crippen LogP contribution < -0.4 is 4.74 Å². The largest absolute Gasteiger partial charge is 0.511 e. The van der Waals surface area contributed by atoms with E-state index in [1.165, 1.54) is 12.5 Å². The van der Waals surface area contributed by atoms with E-state index in [-0.39, 0.29) is 40.9 Å². The van der Waals surface area contributed by atoms with Crippen molar-refractivity contribution >= 4 is 23.4 Å². The molecule has 8 heteroatoms. The average Bonchev–Trinajstić information content (AvgIpc) is 2.90. The standard InChI is InChI=1S/C35H44O8/c1-9-11-25(37)27-29(39)23(28(38)22-15-16-34(6,7)43-31(22)27)18-24-30(40)26(21(5)36)33(42)35(8,32(24)41)17-14-20(4)13-10-12-19(2)3/h12,14-16,38-41H,9-11,13,17-18H2,1-8H3/t35-/m1/s1. The second-order valence-electron chi connectivity index (χ2n) is 12.5. The zero-order chi connectivity index (χ0) is 32.4. The lowest BCUT2D eigenvalue weighted by molar-refractivity contribution is -0.127. The van der Waals surface area contributed by atoms with Crippen molar-refractivity contribution in [3.63, 3.8) is 0 Å². The summed E-state index contributed by atoms with van der Waals surface area (Å²) >= 11 is 0. The van der Waals surface area contributed by atoms with Crippen molar-refractivity contribution in [2.45, 2.75) is 99.5 Å². The van der Waals surface area contributed by atoms with Gasteiger partial charge in [-0.1, -0.05) is 30.2 Å². The minimum absolute atomic E-state index is 0.0458. The molecule has 1 aliphatic carbocycles. The Morgan fingerprint density at radius 3 is 2.19 bits per heavy atom. The molecule has 1 aromatic rings. The van der Waals surface area contributed by atoms with Crippen LogP contribution in [0.1, 0.15) is 109 Å². The minimum Gasteiger partial charge on any atom is -0.511 e. The van der Waals surface area contributed by atoms with Gasteiger partial charge in [0.25, 0.3) is 0 Å². The fourth-order valence-corrected chi connectivity index (χ4v) is 5.41.